The Morgan fingerprint density at radius 3 is 2.44 bits per heavy atom. The largest absolute Gasteiger partial charge is 0.507 e. The van der Waals surface area contributed by atoms with Gasteiger partial charge in [-0.2, -0.15) is 0 Å². The average molecular weight is 381 g/mol. The third kappa shape index (κ3) is 4.45. The monoisotopic (exact) mass is 381 g/mol. The van der Waals surface area contributed by atoms with Crippen molar-refractivity contribution in [2.45, 2.75) is 0 Å². The first-order chi connectivity index (χ1) is 13.0. The van der Waals surface area contributed by atoms with Gasteiger partial charge in [0.1, 0.15) is 11.5 Å². The van der Waals surface area contributed by atoms with E-state index in [1.165, 1.54) is 25.3 Å². The predicted molar refractivity (Wildman–Crippen MR) is 104 cm³/mol. The van der Waals surface area contributed by atoms with Crippen molar-refractivity contribution in [3.63, 3.8) is 0 Å². The lowest BCUT2D eigenvalue weighted by molar-refractivity contribution is -0.115. The average Bonchev–Trinajstić information content (AvgIpc) is 2.98. The lowest BCUT2D eigenvalue weighted by Crippen LogP contribution is -2.17. The summed E-state index contributed by atoms with van der Waals surface area (Å²) in [5, 5.41) is 11.6. The molecule has 2 amide bonds. The van der Waals surface area contributed by atoms with Crippen LogP contribution in [0, 0.1) is 0 Å². The molecular formula is C20H15NO5S. The Morgan fingerprint density at radius 2 is 1.81 bits per heavy atom. The van der Waals surface area contributed by atoms with Gasteiger partial charge in [0.25, 0.3) is 11.1 Å². The highest BCUT2D eigenvalue weighted by atomic mass is 32.2. The van der Waals surface area contributed by atoms with Gasteiger partial charge in [0.2, 0.25) is 0 Å². The van der Waals surface area contributed by atoms with Gasteiger partial charge in [0.05, 0.1) is 17.6 Å². The van der Waals surface area contributed by atoms with E-state index in [1.54, 1.807) is 42.5 Å². The number of aromatic hydroxyl groups is 1. The Bertz CT molecular complexity index is 976. The molecule has 2 aromatic rings. The van der Waals surface area contributed by atoms with Crippen molar-refractivity contribution in [2.24, 2.45) is 0 Å². The molecule has 0 unspecified atom stereocenters. The number of hydrogen-bond acceptors (Lipinski definition) is 6. The van der Waals surface area contributed by atoms with Gasteiger partial charge in [-0.25, -0.2) is 0 Å². The molecule has 0 radical (unpaired) electrons. The fourth-order valence-electron chi connectivity index (χ4n) is 2.38. The fraction of sp³-hybridized carbons (Fsp3) is 0.0500. The van der Waals surface area contributed by atoms with Crippen molar-refractivity contribution in [2.75, 3.05) is 7.11 Å². The second-order valence-electron chi connectivity index (χ2n) is 5.60. The van der Waals surface area contributed by atoms with Gasteiger partial charge < -0.3 is 9.84 Å². The number of thioether (sulfide) groups is 1. The highest BCUT2D eigenvalue weighted by Gasteiger charge is 2.24. The number of benzene rings is 2. The summed E-state index contributed by atoms with van der Waals surface area (Å²) in [6, 6.07) is 11.6. The van der Waals surface area contributed by atoms with E-state index < -0.39 is 5.91 Å². The predicted octanol–water partition coefficient (Wildman–Crippen LogP) is 3.62. The number of hydrogen-bond donors (Lipinski definition) is 2. The minimum Gasteiger partial charge on any atom is -0.507 e. The van der Waals surface area contributed by atoms with Crippen LogP contribution in [-0.4, -0.2) is 29.1 Å². The molecule has 1 aliphatic heterocycles. The Hall–Kier alpha value is -3.32. The van der Waals surface area contributed by atoms with Crippen molar-refractivity contribution < 1.29 is 24.2 Å². The zero-order valence-electron chi connectivity index (χ0n) is 14.3. The summed E-state index contributed by atoms with van der Waals surface area (Å²) in [5.74, 6) is -0.392. The van der Waals surface area contributed by atoms with Crippen molar-refractivity contribution >= 4 is 40.8 Å². The summed E-state index contributed by atoms with van der Waals surface area (Å²) >= 11 is 0.858. The number of ketones is 1. The molecule has 0 aromatic heterocycles. The lowest BCUT2D eigenvalue weighted by Gasteiger charge is -2.04. The van der Waals surface area contributed by atoms with Gasteiger partial charge in [-0.1, -0.05) is 30.3 Å². The molecule has 0 spiro atoms. The molecule has 3 rings (SSSR count). The maximum atomic E-state index is 12.3. The number of phenols is 1. The number of carbonyl (C=O) groups excluding carboxylic acids is 3. The molecule has 1 fully saturated rings. The summed E-state index contributed by atoms with van der Waals surface area (Å²) in [6.07, 6.45) is 4.61. The molecule has 6 nitrogen and oxygen atoms in total. The summed E-state index contributed by atoms with van der Waals surface area (Å²) < 4.78 is 5.06. The first-order valence-electron chi connectivity index (χ1n) is 7.90. The van der Waals surface area contributed by atoms with Crippen molar-refractivity contribution in [3.05, 3.63) is 70.1 Å². The standard InChI is InChI=1S/C20H15NO5S/c1-26-14-7-9-17(23)15(11-14)16(22)8-6-12-2-4-13(5-3-12)10-18-19(24)21-20(25)27-18/h2-11,23H,1H3,(H,21,24,25)/b8-6+,18-10+. The van der Waals surface area contributed by atoms with Crippen LogP contribution in [0.25, 0.3) is 12.2 Å². The fourth-order valence-corrected chi connectivity index (χ4v) is 3.06. The molecule has 0 aliphatic carbocycles. The van der Waals surface area contributed by atoms with Gasteiger partial charge in [-0.05, 0) is 53.2 Å². The molecule has 7 heteroatoms. The molecule has 2 N–H and O–H groups in total. The zero-order valence-corrected chi connectivity index (χ0v) is 15.1. The molecule has 1 saturated heterocycles. The molecule has 0 saturated carbocycles. The van der Waals surface area contributed by atoms with Gasteiger partial charge >= 0.3 is 0 Å². The van der Waals surface area contributed by atoms with E-state index in [4.69, 9.17) is 4.74 Å². The highest BCUT2D eigenvalue weighted by molar-refractivity contribution is 8.18. The van der Waals surface area contributed by atoms with E-state index >= 15 is 0 Å². The Kier molecular flexibility index (Phi) is 5.42. The van der Waals surface area contributed by atoms with Crippen LogP contribution in [0.1, 0.15) is 21.5 Å². The molecule has 1 heterocycles. The second-order valence-corrected chi connectivity index (χ2v) is 6.61. The SMILES string of the molecule is COc1ccc(O)c(C(=O)/C=C/c2ccc(/C=C3/SC(=O)NC3=O)cc2)c1. The summed E-state index contributed by atoms with van der Waals surface area (Å²) in [4.78, 5) is 35.3. The van der Waals surface area contributed by atoms with Crippen LogP contribution in [0.3, 0.4) is 0 Å². The number of rotatable bonds is 5. The number of allylic oxidation sites excluding steroid dienone is 1. The Balaban J connectivity index is 1.73. The number of methoxy groups -OCH3 is 1. The Morgan fingerprint density at radius 1 is 1.11 bits per heavy atom. The maximum absolute atomic E-state index is 12.3. The Labute approximate surface area is 159 Å². The first kappa shape index (κ1) is 18.5. The smallest absolute Gasteiger partial charge is 0.290 e. The van der Waals surface area contributed by atoms with E-state index in [1.807, 2.05) is 0 Å². The van der Waals surface area contributed by atoms with Crippen LogP contribution in [0.2, 0.25) is 0 Å². The molecule has 2 aromatic carbocycles. The number of carbonyl (C=O) groups is 3. The molecular weight excluding hydrogens is 366 g/mol. The topological polar surface area (TPSA) is 92.7 Å². The quantitative estimate of drug-likeness (QED) is 0.607. The molecule has 1 aliphatic rings. The third-order valence-electron chi connectivity index (χ3n) is 3.77. The summed E-state index contributed by atoms with van der Waals surface area (Å²) in [6.45, 7) is 0. The van der Waals surface area contributed by atoms with Crippen LogP contribution >= 0.6 is 11.8 Å². The van der Waals surface area contributed by atoms with Crippen LogP contribution in [0.15, 0.2) is 53.4 Å². The maximum Gasteiger partial charge on any atom is 0.290 e. The summed E-state index contributed by atoms with van der Waals surface area (Å²) in [7, 11) is 1.48. The van der Waals surface area contributed by atoms with E-state index in [9.17, 15) is 19.5 Å². The van der Waals surface area contributed by atoms with Crippen molar-refractivity contribution in [1.29, 1.82) is 0 Å². The normalized spacial score (nSPS) is 15.4. The van der Waals surface area contributed by atoms with Crippen LogP contribution in [-0.2, 0) is 4.79 Å². The highest BCUT2D eigenvalue weighted by Crippen LogP contribution is 2.26. The molecule has 0 atom stereocenters. The minimum absolute atomic E-state index is 0.116. The van der Waals surface area contributed by atoms with Gasteiger partial charge in [0.15, 0.2) is 5.78 Å². The van der Waals surface area contributed by atoms with E-state index in [0.717, 1.165) is 22.9 Å². The second kappa shape index (κ2) is 7.92. The van der Waals surface area contributed by atoms with Gasteiger partial charge in [0, 0.05) is 0 Å². The van der Waals surface area contributed by atoms with Crippen molar-refractivity contribution in [1.82, 2.24) is 5.32 Å². The molecule has 27 heavy (non-hydrogen) atoms. The van der Waals surface area contributed by atoms with E-state index in [0.29, 0.717) is 10.7 Å². The summed E-state index contributed by atoms with van der Waals surface area (Å²) in [5.41, 5.74) is 1.68. The molecule has 0 bridgehead atoms. The zero-order chi connectivity index (χ0) is 19.4. The van der Waals surface area contributed by atoms with Gasteiger partial charge in [-0.15, -0.1) is 0 Å². The number of ether oxygens (including phenoxy) is 1. The first-order valence-corrected chi connectivity index (χ1v) is 8.72. The number of imide groups is 1. The van der Waals surface area contributed by atoms with Gasteiger partial charge in [-0.3, -0.25) is 19.7 Å². The van der Waals surface area contributed by atoms with E-state index in [-0.39, 0.29) is 22.3 Å². The number of nitrogens with one attached hydrogen (secondary N) is 1. The number of phenolic OH excluding ortho intramolecular Hbond substituents is 1. The lowest BCUT2D eigenvalue weighted by atomic mass is 10.1. The third-order valence-corrected chi connectivity index (χ3v) is 4.58. The van der Waals surface area contributed by atoms with Crippen LogP contribution < -0.4 is 10.1 Å². The minimum atomic E-state index is -0.405. The van der Waals surface area contributed by atoms with Crippen LogP contribution in [0.4, 0.5) is 4.79 Å². The number of amides is 2. The molecule has 136 valence electrons. The van der Waals surface area contributed by atoms with Crippen molar-refractivity contribution in [3.8, 4) is 11.5 Å². The van der Waals surface area contributed by atoms with E-state index in [2.05, 4.69) is 5.32 Å². The van der Waals surface area contributed by atoms with Crippen LogP contribution in [0.5, 0.6) is 11.5 Å².